The molecule has 0 spiro atoms. The first-order chi connectivity index (χ1) is 8.09. The van der Waals surface area contributed by atoms with Crippen molar-refractivity contribution in [1.82, 2.24) is 9.78 Å². The zero-order chi connectivity index (χ0) is 12.4. The molecule has 2 aromatic rings. The van der Waals surface area contributed by atoms with Crippen molar-refractivity contribution in [1.29, 1.82) is 0 Å². The smallest absolute Gasteiger partial charge is 0.354 e. The predicted octanol–water partition coefficient (Wildman–Crippen LogP) is 2.94. The highest BCUT2D eigenvalue weighted by Crippen LogP contribution is 2.26. The van der Waals surface area contributed by atoms with Gasteiger partial charge in [-0.3, -0.25) is 4.68 Å². The van der Waals surface area contributed by atoms with Crippen LogP contribution in [0.4, 0.5) is 0 Å². The summed E-state index contributed by atoms with van der Waals surface area (Å²) < 4.78 is 1.36. The van der Waals surface area contributed by atoms with Gasteiger partial charge in [0, 0.05) is 6.20 Å². The molecular weight excluding hydrogens is 263 g/mol. The quantitative estimate of drug-likeness (QED) is 0.933. The largest absolute Gasteiger partial charge is 0.477 e. The Hall–Kier alpha value is -1.52. The van der Waals surface area contributed by atoms with Crippen molar-refractivity contribution in [2.24, 2.45) is 0 Å². The number of nitrogens with zero attached hydrogens (tertiary/aromatic N) is 2. The Bertz CT molecular complexity index is 566. The third kappa shape index (κ3) is 2.43. The summed E-state index contributed by atoms with van der Waals surface area (Å²) >= 11 is 11.9. The minimum absolute atomic E-state index is 0.112. The molecule has 1 aromatic heterocycles. The van der Waals surface area contributed by atoms with Crippen LogP contribution in [0, 0.1) is 0 Å². The van der Waals surface area contributed by atoms with Crippen LogP contribution in [0.1, 0.15) is 16.1 Å². The number of halogens is 2. The number of aromatic nitrogens is 2. The molecule has 1 N–H and O–H groups in total. The van der Waals surface area contributed by atoms with Gasteiger partial charge in [0.25, 0.3) is 0 Å². The van der Waals surface area contributed by atoms with Gasteiger partial charge in [0.1, 0.15) is 5.69 Å². The topological polar surface area (TPSA) is 55.1 Å². The molecule has 1 aromatic carbocycles. The number of hydrogen-bond acceptors (Lipinski definition) is 2. The van der Waals surface area contributed by atoms with Gasteiger partial charge < -0.3 is 5.11 Å². The Morgan fingerprint density at radius 2 is 2.12 bits per heavy atom. The number of carboxylic acids is 1. The maximum absolute atomic E-state index is 10.9. The number of hydrogen-bond donors (Lipinski definition) is 1. The lowest BCUT2D eigenvalue weighted by molar-refractivity contribution is 0.0684. The molecule has 0 amide bonds. The van der Waals surface area contributed by atoms with Crippen molar-refractivity contribution in [2.45, 2.75) is 6.54 Å². The van der Waals surface area contributed by atoms with E-state index in [1.807, 2.05) is 0 Å². The van der Waals surface area contributed by atoms with Gasteiger partial charge in [-0.1, -0.05) is 35.3 Å². The number of carboxylic acid groups (broad SMARTS) is 1. The number of carbonyl (C=O) groups is 1. The lowest BCUT2D eigenvalue weighted by Crippen LogP contribution is -2.11. The van der Waals surface area contributed by atoms with Crippen LogP contribution in [0.15, 0.2) is 30.5 Å². The summed E-state index contributed by atoms with van der Waals surface area (Å²) in [6.45, 7) is 0.272. The van der Waals surface area contributed by atoms with Crippen molar-refractivity contribution < 1.29 is 9.90 Å². The highest BCUT2D eigenvalue weighted by Gasteiger charge is 2.12. The molecule has 17 heavy (non-hydrogen) atoms. The molecule has 88 valence electrons. The fourth-order valence-corrected chi connectivity index (χ4v) is 1.85. The zero-order valence-electron chi connectivity index (χ0n) is 8.60. The van der Waals surface area contributed by atoms with E-state index in [1.165, 1.54) is 16.9 Å². The Labute approximate surface area is 107 Å². The Kier molecular flexibility index (Phi) is 3.36. The van der Waals surface area contributed by atoms with Crippen LogP contribution in [0.2, 0.25) is 10.0 Å². The first-order valence-electron chi connectivity index (χ1n) is 4.77. The standard InChI is InChI=1S/C11H8Cl2N2O2/c12-8-3-1-2-7(10(8)13)6-15-9(11(16)17)4-5-14-15/h1-5H,6H2,(H,16,17). The van der Waals surface area contributed by atoms with Gasteiger partial charge in [-0.05, 0) is 17.7 Å². The van der Waals surface area contributed by atoms with Crippen LogP contribution < -0.4 is 0 Å². The first kappa shape index (κ1) is 12.0. The highest BCUT2D eigenvalue weighted by atomic mass is 35.5. The van der Waals surface area contributed by atoms with E-state index in [9.17, 15) is 4.79 Å². The number of benzene rings is 1. The predicted molar refractivity (Wildman–Crippen MR) is 64.8 cm³/mol. The zero-order valence-corrected chi connectivity index (χ0v) is 10.1. The summed E-state index contributed by atoms with van der Waals surface area (Å²) in [5.74, 6) is -1.03. The Morgan fingerprint density at radius 3 is 2.82 bits per heavy atom. The van der Waals surface area contributed by atoms with Gasteiger partial charge in [0.2, 0.25) is 0 Å². The SMILES string of the molecule is O=C(O)c1ccnn1Cc1cccc(Cl)c1Cl. The van der Waals surface area contributed by atoms with Gasteiger partial charge in [-0.15, -0.1) is 0 Å². The summed E-state index contributed by atoms with van der Waals surface area (Å²) in [5.41, 5.74) is 0.839. The van der Waals surface area contributed by atoms with Crippen molar-refractivity contribution in [2.75, 3.05) is 0 Å². The molecule has 0 aliphatic rings. The molecule has 0 bridgehead atoms. The van der Waals surface area contributed by atoms with Crippen LogP contribution in [0.3, 0.4) is 0 Å². The Morgan fingerprint density at radius 1 is 1.35 bits per heavy atom. The normalized spacial score (nSPS) is 10.5. The second-order valence-electron chi connectivity index (χ2n) is 3.39. The van der Waals surface area contributed by atoms with Gasteiger partial charge >= 0.3 is 5.97 Å². The second-order valence-corrected chi connectivity index (χ2v) is 4.18. The maximum atomic E-state index is 10.9. The molecule has 0 unspecified atom stereocenters. The molecule has 0 aliphatic heterocycles. The van der Waals surface area contributed by atoms with Crippen LogP contribution in [-0.4, -0.2) is 20.9 Å². The molecule has 6 heteroatoms. The van der Waals surface area contributed by atoms with Crippen LogP contribution >= 0.6 is 23.2 Å². The molecule has 1 heterocycles. The summed E-state index contributed by atoms with van der Waals surface area (Å²) in [7, 11) is 0. The fraction of sp³-hybridized carbons (Fsp3) is 0.0909. The van der Waals surface area contributed by atoms with E-state index in [0.29, 0.717) is 10.0 Å². The van der Waals surface area contributed by atoms with Crippen molar-refractivity contribution in [3.05, 3.63) is 51.8 Å². The van der Waals surface area contributed by atoms with Gasteiger partial charge in [-0.2, -0.15) is 5.10 Å². The molecule has 0 fully saturated rings. The van der Waals surface area contributed by atoms with E-state index in [2.05, 4.69) is 5.10 Å². The van der Waals surface area contributed by atoms with Gasteiger partial charge in [0.15, 0.2) is 0 Å². The molecule has 0 saturated heterocycles. The highest BCUT2D eigenvalue weighted by molar-refractivity contribution is 6.42. The summed E-state index contributed by atoms with van der Waals surface area (Å²) in [4.78, 5) is 10.9. The van der Waals surface area contributed by atoms with E-state index in [0.717, 1.165) is 5.56 Å². The summed E-state index contributed by atoms with van der Waals surface area (Å²) in [5, 5.41) is 13.7. The lowest BCUT2D eigenvalue weighted by atomic mass is 10.2. The van der Waals surface area contributed by atoms with E-state index in [1.54, 1.807) is 18.2 Å². The van der Waals surface area contributed by atoms with Crippen molar-refractivity contribution >= 4 is 29.2 Å². The van der Waals surface area contributed by atoms with Gasteiger partial charge in [0.05, 0.1) is 16.6 Å². The van der Waals surface area contributed by atoms with Crippen LogP contribution in [-0.2, 0) is 6.54 Å². The molecule has 0 aliphatic carbocycles. The third-order valence-electron chi connectivity index (χ3n) is 2.29. The number of rotatable bonds is 3. The van der Waals surface area contributed by atoms with Crippen molar-refractivity contribution in [3.63, 3.8) is 0 Å². The lowest BCUT2D eigenvalue weighted by Gasteiger charge is -2.07. The molecule has 0 saturated carbocycles. The van der Waals surface area contributed by atoms with Crippen LogP contribution in [0.5, 0.6) is 0 Å². The Balaban J connectivity index is 2.35. The molecule has 0 radical (unpaired) electrons. The van der Waals surface area contributed by atoms with E-state index in [-0.39, 0.29) is 12.2 Å². The molecule has 0 atom stereocenters. The minimum atomic E-state index is -1.03. The van der Waals surface area contributed by atoms with Crippen LogP contribution in [0.25, 0.3) is 0 Å². The first-order valence-corrected chi connectivity index (χ1v) is 5.53. The maximum Gasteiger partial charge on any atom is 0.354 e. The molecule has 4 nitrogen and oxygen atoms in total. The van der Waals surface area contributed by atoms with E-state index >= 15 is 0 Å². The fourth-order valence-electron chi connectivity index (χ4n) is 1.47. The molecular formula is C11H8Cl2N2O2. The average molecular weight is 271 g/mol. The number of aromatic carboxylic acids is 1. The molecule has 2 rings (SSSR count). The summed E-state index contributed by atoms with van der Waals surface area (Å²) in [6.07, 6.45) is 1.43. The van der Waals surface area contributed by atoms with Gasteiger partial charge in [-0.25, -0.2) is 4.79 Å². The van der Waals surface area contributed by atoms with E-state index in [4.69, 9.17) is 28.3 Å². The minimum Gasteiger partial charge on any atom is -0.477 e. The monoisotopic (exact) mass is 270 g/mol. The average Bonchev–Trinajstić information content (AvgIpc) is 2.73. The third-order valence-corrected chi connectivity index (χ3v) is 3.15. The second kappa shape index (κ2) is 4.77. The van der Waals surface area contributed by atoms with Crippen molar-refractivity contribution in [3.8, 4) is 0 Å². The summed E-state index contributed by atoms with van der Waals surface area (Å²) in [6, 6.07) is 6.64. The van der Waals surface area contributed by atoms with E-state index < -0.39 is 5.97 Å².